The number of aliphatic imine (C=N–C) groups is 1. The Morgan fingerprint density at radius 1 is 1.31 bits per heavy atom. The van der Waals surface area contributed by atoms with Crippen molar-refractivity contribution >= 4 is 5.96 Å². The van der Waals surface area contributed by atoms with Crippen LogP contribution in [0.15, 0.2) is 23.2 Å². The first-order valence-corrected chi connectivity index (χ1v) is 11.0. The van der Waals surface area contributed by atoms with Crippen molar-refractivity contribution in [3.05, 3.63) is 29.3 Å². The van der Waals surface area contributed by atoms with Crippen molar-refractivity contribution < 1.29 is 14.6 Å². The minimum Gasteiger partial charge on any atom is -0.488 e. The molecule has 1 aromatic rings. The number of aryl methyl sites for hydroxylation is 1. The van der Waals surface area contributed by atoms with E-state index < -0.39 is 0 Å². The van der Waals surface area contributed by atoms with E-state index in [1.807, 2.05) is 0 Å². The molecule has 1 heterocycles. The highest BCUT2D eigenvalue weighted by Gasteiger charge is 2.35. The van der Waals surface area contributed by atoms with E-state index in [0.717, 1.165) is 62.7 Å². The summed E-state index contributed by atoms with van der Waals surface area (Å²) in [5.74, 6) is 1.68. The Morgan fingerprint density at radius 3 is 2.90 bits per heavy atom. The molecule has 2 fully saturated rings. The zero-order chi connectivity index (χ0) is 20.7. The van der Waals surface area contributed by atoms with Crippen molar-refractivity contribution in [2.45, 2.75) is 71.6 Å². The Labute approximate surface area is 175 Å². The summed E-state index contributed by atoms with van der Waals surface area (Å²) in [5, 5.41) is 17.2. The Balaban J connectivity index is 1.66. The topological polar surface area (TPSA) is 75.1 Å². The van der Waals surface area contributed by atoms with E-state index >= 15 is 0 Å². The predicted octanol–water partition coefficient (Wildman–Crippen LogP) is 3.16. The number of guanidine groups is 1. The van der Waals surface area contributed by atoms with Gasteiger partial charge in [-0.2, -0.15) is 0 Å². The summed E-state index contributed by atoms with van der Waals surface area (Å²) >= 11 is 0. The molecule has 0 radical (unpaired) electrons. The van der Waals surface area contributed by atoms with Crippen molar-refractivity contribution in [3.8, 4) is 5.75 Å². The number of benzene rings is 1. The first-order valence-electron chi connectivity index (χ1n) is 11.0. The van der Waals surface area contributed by atoms with Crippen LogP contribution in [-0.2, 0) is 11.3 Å². The van der Waals surface area contributed by atoms with Gasteiger partial charge in [-0.15, -0.1) is 0 Å². The molecule has 0 amide bonds. The standard InChI is InChI=1S/C23H37N3O3/c1-4-24-22(26-16-23(3)11-6-5-7-21(23)27)25-14-18-9-8-17(2)13-20(18)29-19-10-12-28-15-19/h8-9,13,19,21,27H,4-7,10-12,14-16H2,1-3H3,(H2,24,25,26). The van der Waals surface area contributed by atoms with Gasteiger partial charge in [0.15, 0.2) is 5.96 Å². The number of nitrogens with zero attached hydrogens (tertiary/aromatic N) is 1. The molecular formula is C23H37N3O3. The molecule has 1 aliphatic heterocycles. The van der Waals surface area contributed by atoms with E-state index in [4.69, 9.17) is 14.5 Å². The van der Waals surface area contributed by atoms with Gasteiger partial charge < -0.3 is 25.2 Å². The third-order valence-corrected chi connectivity index (χ3v) is 6.10. The third kappa shape index (κ3) is 6.09. The van der Waals surface area contributed by atoms with Crippen LogP contribution in [0, 0.1) is 12.3 Å². The van der Waals surface area contributed by atoms with E-state index in [0.29, 0.717) is 13.2 Å². The van der Waals surface area contributed by atoms with Gasteiger partial charge >= 0.3 is 0 Å². The zero-order valence-electron chi connectivity index (χ0n) is 18.2. The van der Waals surface area contributed by atoms with Gasteiger partial charge in [-0.25, -0.2) is 4.99 Å². The van der Waals surface area contributed by atoms with Crippen LogP contribution in [-0.4, -0.2) is 49.6 Å². The zero-order valence-corrected chi connectivity index (χ0v) is 18.2. The second-order valence-corrected chi connectivity index (χ2v) is 8.68. The van der Waals surface area contributed by atoms with Crippen molar-refractivity contribution in [1.29, 1.82) is 0 Å². The molecule has 2 aliphatic rings. The average Bonchev–Trinajstić information content (AvgIpc) is 3.21. The Bertz CT molecular complexity index is 688. The SMILES string of the molecule is CCNC(=NCc1ccc(C)cc1OC1CCOC1)NCC1(C)CCCCC1O. The number of hydrogen-bond donors (Lipinski definition) is 3. The lowest BCUT2D eigenvalue weighted by Crippen LogP contribution is -2.48. The smallest absolute Gasteiger partial charge is 0.191 e. The number of ether oxygens (including phenoxy) is 2. The number of aliphatic hydroxyl groups excluding tert-OH is 1. The van der Waals surface area contributed by atoms with Gasteiger partial charge in [-0.3, -0.25) is 0 Å². The van der Waals surface area contributed by atoms with Gasteiger partial charge in [0.05, 0.1) is 25.9 Å². The predicted molar refractivity (Wildman–Crippen MR) is 116 cm³/mol. The van der Waals surface area contributed by atoms with Crippen molar-refractivity contribution in [2.75, 3.05) is 26.3 Å². The maximum atomic E-state index is 10.4. The van der Waals surface area contributed by atoms with Crippen LogP contribution in [0.5, 0.6) is 5.75 Å². The fourth-order valence-electron chi connectivity index (χ4n) is 4.07. The summed E-state index contributed by atoms with van der Waals surface area (Å²) in [4.78, 5) is 4.79. The van der Waals surface area contributed by atoms with Crippen LogP contribution in [0.2, 0.25) is 0 Å². The number of rotatable bonds is 7. The van der Waals surface area contributed by atoms with E-state index in [-0.39, 0.29) is 17.6 Å². The van der Waals surface area contributed by atoms with E-state index in [1.54, 1.807) is 0 Å². The third-order valence-electron chi connectivity index (χ3n) is 6.10. The number of hydrogen-bond acceptors (Lipinski definition) is 4. The van der Waals surface area contributed by atoms with Crippen molar-refractivity contribution in [1.82, 2.24) is 10.6 Å². The quantitative estimate of drug-likeness (QED) is 0.482. The molecule has 6 heteroatoms. The largest absolute Gasteiger partial charge is 0.488 e. The number of aliphatic hydroxyl groups is 1. The van der Waals surface area contributed by atoms with Crippen molar-refractivity contribution in [2.24, 2.45) is 10.4 Å². The fourth-order valence-corrected chi connectivity index (χ4v) is 4.07. The van der Waals surface area contributed by atoms with Crippen LogP contribution in [0.1, 0.15) is 57.1 Å². The monoisotopic (exact) mass is 403 g/mol. The Hall–Kier alpha value is -1.79. The first-order chi connectivity index (χ1) is 14.0. The van der Waals surface area contributed by atoms with Crippen LogP contribution < -0.4 is 15.4 Å². The summed E-state index contributed by atoms with van der Waals surface area (Å²) in [6, 6.07) is 6.28. The molecule has 162 valence electrons. The van der Waals surface area contributed by atoms with Gasteiger partial charge in [-0.05, 0) is 38.3 Å². The molecule has 0 spiro atoms. The summed E-state index contributed by atoms with van der Waals surface area (Å²) < 4.78 is 11.6. The molecule has 1 aliphatic carbocycles. The van der Waals surface area contributed by atoms with Crippen LogP contribution in [0.4, 0.5) is 0 Å². The fraction of sp³-hybridized carbons (Fsp3) is 0.696. The maximum absolute atomic E-state index is 10.4. The van der Waals surface area contributed by atoms with Gasteiger partial charge in [0.25, 0.3) is 0 Å². The molecule has 1 aromatic carbocycles. The second-order valence-electron chi connectivity index (χ2n) is 8.68. The molecule has 3 N–H and O–H groups in total. The first kappa shape index (κ1) is 21.9. The maximum Gasteiger partial charge on any atom is 0.191 e. The lowest BCUT2D eigenvalue weighted by atomic mass is 9.73. The van der Waals surface area contributed by atoms with E-state index in [1.165, 1.54) is 12.0 Å². The van der Waals surface area contributed by atoms with E-state index in [9.17, 15) is 5.11 Å². The van der Waals surface area contributed by atoms with Crippen LogP contribution in [0.25, 0.3) is 0 Å². The van der Waals surface area contributed by atoms with Gasteiger partial charge in [0, 0.05) is 30.5 Å². The van der Waals surface area contributed by atoms with Gasteiger partial charge in [0.2, 0.25) is 0 Å². The molecule has 3 rings (SSSR count). The molecule has 29 heavy (non-hydrogen) atoms. The number of nitrogens with one attached hydrogen (secondary N) is 2. The second kappa shape index (κ2) is 10.3. The van der Waals surface area contributed by atoms with Crippen molar-refractivity contribution in [3.63, 3.8) is 0 Å². The lowest BCUT2D eigenvalue weighted by molar-refractivity contribution is 0.00397. The average molecular weight is 404 g/mol. The summed E-state index contributed by atoms with van der Waals surface area (Å²) in [6.07, 6.45) is 5.03. The summed E-state index contributed by atoms with van der Waals surface area (Å²) in [6.45, 7) is 9.78. The van der Waals surface area contributed by atoms with Gasteiger partial charge in [0.1, 0.15) is 11.9 Å². The molecule has 3 atom stereocenters. The molecular weight excluding hydrogens is 366 g/mol. The highest BCUT2D eigenvalue weighted by Crippen LogP contribution is 2.35. The molecule has 1 saturated heterocycles. The summed E-state index contributed by atoms with van der Waals surface area (Å²) in [7, 11) is 0. The van der Waals surface area contributed by atoms with Gasteiger partial charge in [-0.1, -0.05) is 31.9 Å². The molecule has 3 unspecified atom stereocenters. The Kier molecular flexibility index (Phi) is 7.78. The highest BCUT2D eigenvalue weighted by atomic mass is 16.5. The molecule has 0 aromatic heterocycles. The molecule has 6 nitrogen and oxygen atoms in total. The molecule has 1 saturated carbocycles. The van der Waals surface area contributed by atoms with Crippen LogP contribution >= 0.6 is 0 Å². The normalized spacial score (nSPS) is 27.7. The summed E-state index contributed by atoms with van der Waals surface area (Å²) in [5.41, 5.74) is 2.15. The lowest BCUT2D eigenvalue weighted by Gasteiger charge is -2.38. The Morgan fingerprint density at radius 2 is 2.17 bits per heavy atom. The minimum atomic E-state index is -0.252. The molecule has 0 bridgehead atoms. The van der Waals surface area contributed by atoms with E-state index in [2.05, 4.69) is 49.6 Å². The minimum absolute atomic E-state index is 0.102. The highest BCUT2D eigenvalue weighted by molar-refractivity contribution is 5.79. The van der Waals surface area contributed by atoms with Crippen LogP contribution in [0.3, 0.4) is 0 Å².